The van der Waals surface area contributed by atoms with Crippen molar-refractivity contribution in [1.82, 2.24) is 30.1 Å². The highest BCUT2D eigenvalue weighted by Gasteiger charge is 2.23. The number of hydrogen-bond donors (Lipinski definition) is 1. The van der Waals surface area contributed by atoms with Crippen LogP contribution in [0.3, 0.4) is 0 Å². The molecule has 2 aromatic carbocycles. The van der Waals surface area contributed by atoms with Gasteiger partial charge in [-0.2, -0.15) is 0 Å². The van der Waals surface area contributed by atoms with Crippen molar-refractivity contribution in [2.75, 3.05) is 6.79 Å². The summed E-state index contributed by atoms with van der Waals surface area (Å²) in [5, 5.41) is 13.4. The van der Waals surface area contributed by atoms with Gasteiger partial charge in [0.1, 0.15) is 0 Å². The van der Waals surface area contributed by atoms with Crippen LogP contribution in [0.5, 0.6) is 11.5 Å². The smallest absolute Gasteiger partial charge is 0.252 e. The third-order valence-corrected chi connectivity index (χ3v) is 5.85. The van der Waals surface area contributed by atoms with Crippen LogP contribution in [-0.2, 0) is 25.2 Å². The van der Waals surface area contributed by atoms with E-state index in [0.717, 1.165) is 39.4 Å². The second-order valence-electron chi connectivity index (χ2n) is 9.72. The molecule has 3 heterocycles. The van der Waals surface area contributed by atoms with Crippen molar-refractivity contribution in [3.8, 4) is 11.5 Å². The molecule has 9 heteroatoms. The Kier molecular flexibility index (Phi) is 5.57. The molecular formula is C25H28N6O3. The Bertz CT molecular complexity index is 1400. The molecule has 0 atom stereocenters. The van der Waals surface area contributed by atoms with Gasteiger partial charge < -0.3 is 14.5 Å². The number of H-pyrrole nitrogens is 1. The van der Waals surface area contributed by atoms with Gasteiger partial charge >= 0.3 is 0 Å². The molecule has 0 saturated carbocycles. The molecule has 176 valence electrons. The second-order valence-corrected chi connectivity index (χ2v) is 9.72. The zero-order valence-electron chi connectivity index (χ0n) is 19.8. The average molecular weight is 461 g/mol. The van der Waals surface area contributed by atoms with Gasteiger partial charge in [-0.1, -0.05) is 17.7 Å². The van der Waals surface area contributed by atoms with Crippen LogP contribution in [0.15, 0.2) is 47.3 Å². The lowest BCUT2D eigenvalue weighted by Crippen LogP contribution is -2.31. The number of hydrogen-bond acceptors (Lipinski definition) is 7. The van der Waals surface area contributed by atoms with E-state index in [-0.39, 0.29) is 17.9 Å². The van der Waals surface area contributed by atoms with E-state index in [1.165, 1.54) is 0 Å². The molecule has 1 aliphatic rings. The van der Waals surface area contributed by atoms with E-state index in [9.17, 15) is 4.79 Å². The summed E-state index contributed by atoms with van der Waals surface area (Å²) >= 11 is 0. The number of aromatic nitrogens is 5. The number of pyridine rings is 1. The maximum Gasteiger partial charge on any atom is 0.252 e. The van der Waals surface area contributed by atoms with Crippen molar-refractivity contribution >= 4 is 10.9 Å². The van der Waals surface area contributed by atoms with Crippen LogP contribution in [0.2, 0.25) is 0 Å². The van der Waals surface area contributed by atoms with E-state index < -0.39 is 0 Å². The van der Waals surface area contributed by atoms with Gasteiger partial charge in [0.05, 0.1) is 12.1 Å². The van der Waals surface area contributed by atoms with Crippen molar-refractivity contribution < 1.29 is 9.47 Å². The first-order valence-corrected chi connectivity index (χ1v) is 11.3. The molecule has 0 amide bonds. The zero-order chi connectivity index (χ0) is 23.9. The summed E-state index contributed by atoms with van der Waals surface area (Å²) in [7, 11) is 0. The summed E-state index contributed by atoms with van der Waals surface area (Å²) in [4.78, 5) is 18.1. The Morgan fingerprint density at radius 3 is 2.68 bits per heavy atom. The first-order chi connectivity index (χ1) is 16.3. The molecule has 0 radical (unpaired) electrons. The largest absolute Gasteiger partial charge is 0.454 e. The summed E-state index contributed by atoms with van der Waals surface area (Å²) in [5.74, 6) is 2.21. The predicted octanol–water partition coefficient (Wildman–Crippen LogP) is 3.51. The van der Waals surface area contributed by atoms with Gasteiger partial charge in [-0.05, 0) is 79.4 Å². The molecule has 4 aromatic rings. The van der Waals surface area contributed by atoms with Crippen molar-refractivity contribution in [2.45, 2.75) is 52.9 Å². The Labute approximate surface area is 197 Å². The zero-order valence-corrected chi connectivity index (χ0v) is 19.8. The minimum atomic E-state index is -0.263. The highest BCUT2D eigenvalue weighted by Crippen LogP contribution is 2.33. The number of ether oxygens (including phenoxy) is 2. The molecule has 0 bridgehead atoms. The third-order valence-electron chi connectivity index (χ3n) is 5.85. The number of nitrogens with zero attached hydrogens (tertiary/aromatic N) is 5. The van der Waals surface area contributed by atoms with Crippen molar-refractivity contribution in [3.63, 3.8) is 0 Å². The van der Waals surface area contributed by atoms with Crippen molar-refractivity contribution in [3.05, 3.63) is 75.3 Å². The highest BCUT2D eigenvalue weighted by atomic mass is 16.7. The van der Waals surface area contributed by atoms with Crippen LogP contribution >= 0.6 is 0 Å². The number of fused-ring (bicyclic) bond motifs is 2. The van der Waals surface area contributed by atoms with Crippen LogP contribution in [0, 0.1) is 6.92 Å². The van der Waals surface area contributed by atoms with Gasteiger partial charge in [0.25, 0.3) is 5.56 Å². The van der Waals surface area contributed by atoms with Crippen LogP contribution in [0.4, 0.5) is 0 Å². The molecule has 0 spiro atoms. The average Bonchev–Trinajstić information content (AvgIpc) is 3.43. The number of benzene rings is 2. The standard InChI is InChI=1S/C25H28N6O3/c1-16-5-7-20-18(9-16)11-19(24(32)26-20)13-30(14-23-27-28-29-31(23)25(2,3)4)12-17-6-8-21-22(10-17)34-15-33-21/h5-11H,12-15H2,1-4H3,(H,26,32). The summed E-state index contributed by atoms with van der Waals surface area (Å²) in [6, 6.07) is 13.9. The van der Waals surface area contributed by atoms with Gasteiger partial charge in [-0.25, -0.2) is 4.68 Å². The van der Waals surface area contributed by atoms with Crippen LogP contribution in [-0.4, -0.2) is 36.9 Å². The first-order valence-electron chi connectivity index (χ1n) is 11.3. The quantitative estimate of drug-likeness (QED) is 0.470. The highest BCUT2D eigenvalue weighted by molar-refractivity contribution is 5.79. The van der Waals surface area contributed by atoms with Gasteiger partial charge in [0, 0.05) is 24.2 Å². The molecule has 1 aliphatic heterocycles. The topological polar surface area (TPSA) is 98.2 Å². The lowest BCUT2D eigenvalue weighted by atomic mass is 10.1. The minimum absolute atomic E-state index is 0.0950. The molecule has 0 saturated heterocycles. The SMILES string of the molecule is Cc1ccc2[nH]c(=O)c(CN(Cc3ccc4c(c3)OCO4)Cc3nnnn3C(C)(C)C)cc2c1. The maximum atomic E-state index is 12.9. The van der Waals surface area contributed by atoms with Gasteiger partial charge in [0.15, 0.2) is 17.3 Å². The normalized spacial score (nSPS) is 13.2. The monoisotopic (exact) mass is 460 g/mol. The van der Waals surface area contributed by atoms with E-state index in [0.29, 0.717) is 25.2 Å². The van der Waals surface area contributed by atoms with Gasteiger partial charge in [-0.15, -0.1) is 5.10 Å². The molecule has 1 N–H and O–H groups in total. The molecule has 0 unspecified atom stereocenters. The number of aromatic amines is 1. The van der Waals surface area contributed by atoms with E-state index >= 15 is 0 Å². The van der Waals surface area contributed by atoms with Crippen LogP contribution in [0.1, 0.15) is 43.3 Å². The minimum Gasteiger partial charge on any atom is -0.454 e. The number of aryl methyl sites for hydroxylation is 1. The lowest BCUT2D eigenvalue weighted by Gasteiger charge is -2.25. The number of rotatable bonds is 6. The molecule has 34 heavy (non-hydrogen) atoms. The number of nitrogens with one attached hydrogen (secondary N) is 1. The summed E-state index contributed by atoms with van der Waals surface area (Å²) in [6.45, 7) is 9.95. The summed E-state index contributed by atoms with van der Waals surface area (Å²) in [5.41, 5.74) is 3.36. The van der Waals surface area contributed by atoms with E-state index in [1.54, 1.807) is 0 Å². The fraction of sp³-hybridized carbons (Fsp3) is 0.360. The second kappa shape index (κ2) is 8.57. The Morgan fingerprint density at radius 1 is 1.03 bits per heavy atom. The van der Waals surface area contributed by atoms with E-state index in [2.05, 4.69) is 52.2 Å². The molecule has 0 aliphatic carbocycles. The first kappa shape index (κ1) is 22.1. The molecule has 5 rings (SSSR count). The molecule has 9 nitrogen and oxygen atoms in total. The van der Waals surface area contributed by atoms with E-state index in [1.807, 2.05) is 48.0 Å². The number of tetrazole rings is 1. The summed E-state index contributed by atoms with van der Waals surface area (Å²) in [6.07, 6.45) is 0. The lowest BCUT2D eigenvalue weighted by molar-refractivity contribution is 0.174. The predicted molar refractivity (Wildman–Crippen MR) is 128 cm³/mol. The molecule has 2 aromatic heterocycles. The fourth-order valence-electron chi connectivity index (χ4n) is 4.22. The Balaban J connectivity index is 1.49. The van der Waals surface area contributed by atoms with Gasteiger partial charge in [0.2, 0.25) is 6.79 Å². The van der Waals surface area contributed by atoms with Crippen molar-refractivity contribution in [1.29, 1.82) is 0 Å². The Morgan fingerprint density at radius 2 is 1.85 bits per heavy atom. The van der Waals surface area contributed by atoms with Crippen LogP contribution in [0.25, 0.3) is 10.9 Å². The van der Waals surface area contributed by atoms with Crippen LogP contribution < -0.4 is 15.0 Å². The molecular weight excluding hydrogens is 432 g/mol. The summed E-state index contributed by atoms with van der Waals surface area (Å²) < 4.78 is 12.8. The Hall–Kier alpha value is -3.72. The maximum absolute atomic E-state index is 12.9. The third kappa shape index (κ3) is 4.51. The fourth-order valence-corrected chi connectivity index (χ4v) is 4.22. The molecule has 0 fully saturated rings. The van der Waals surface area contributed by atoms with E-state index in [4.69, 9.17) is 9.47 Å². The van der Waals surface area contributed by atoms with Crippen molar-refractivity contribution in [2.24, 2.45) is 0 Å². The van der Waals surface area contributed by atoms with Gasteiger partial charge in [-0.3, -0.25) is 9.69 Å².